The van der Waals surface area contributed by atoms with E-state index in [1.54, 1.807) is 48.5 Å². The van der Waals surface area contributed by atoms with Crippen molar-refractivity contribution in [2.45, 2.75) is 6.04 Å². The molecule has 2 N–H and O–H groups in total. The Morgan fingerprint density at radius 2 is 1.15 bits per heavy atom. The van der Waals surface area contributed by atoms with E-state index in [0.29, 0.717) is 11.5 Å². The summed E-state index contributed by atoms with van der Waals surface area (Å²) in [5, 5.41) is 6.90. The molecule has 0 saturated carbocycles. The largest absolute Gasteiger partial charge is 0.663 e. The van der Waals surface area contributed by atoms with Crippen LogP contribution in [0.1, 0.15) is 26.3 Å². The molecule has 1 aliphatic heterocycles. The third-order valence-electron chi connectivity index (χ3n) is 6.53. The Bertz CT molecular complexity index is 1500. The monoisotopic (exact) mass is 607 g/mol. The molecule has 40 heavy (non-hydrogen) atoms. The van der Waals surface area contributed by atoms with Gasteiger partial charge in [-0.25, -0.2) is 0 Å². The predicted molar refractivity (Wildman–Crippen MR) is 150 cm³/mol. The SMILES string of the molecule is [NH-]C(=O)c1ccccc1OCC1[C@@H](COc2ccccc2C([NH-])=O)C(c2ccccc2)=NN1c1ccccc1.[Y]. The molecular formula is C31H26N4O4Y-2. The number of rotatable bonds is 10. The summed E-state index contributed by atoms with van der Waals surface area (Å²) in [4.78, 5) is 23.8. The van der Waals surface area contributed by atoms with Crippen LogP contribution in [-0.2, 0) is 32.7 Å². The van der Waals surface area contributed by atoms with Crippen LogP contribution in [-0.4, -0.2) is 36.8 Å². The van der Waals surface area contributed by atoms with Crippen LogP contribution < -0.4 is 14.5 Å². The van der Waals surface area contributed by atoms with Gasteiger partial charge in [0.25, 0.3) is 0 Å². The van der Waals surface area contributed by atoms with E-state index in [-0.39, 0.29) is 69.0 Å². The Morgan fingerprint density at radius 3 is 1.70 bits per heavy atom. The molecule has 1 radical (unpaired) electrons. The predicted octanol–water partition coefficient (Wildman–Crippen LogP) is 6.44. The second kappa shape index (κ2) is 13.4. The molecule has 0 bridgehead atoms. The molecule has 2 atom stereocenters. The molecule has 0 spiro atoms. The van der Waals surface area contributed by atoms with Crippen molar-refractivity contribution in [3.05, 3.63) is 137 Å². The Labute approximate surface area is 257 Å². The van der Waals surface area contributed by atoms with Crippen molar-refractivity contribution in [1.29, 1.82) is 0 Å². The number of hydrogen-bond acceptors (Lipinski definition) is 6. The van der Waals surface area contributed by atoms with Crippen molar-refractivity contribution in [3.8, 4) is 11.5 Å². The molecular weight excluding hydrogens is 581 g/mol. The van der Waals surface area contributed by atoms with E-state index < -0.39 is 11.8 Å². The average Bonchev–Trinajstić information content (AvgIpc) is 3.34. The minimum absolute atomic E-state index is 0. The minimum Gasteiger partial charge on any atom is -0.663 e. The van der Waals surface area contributed by atoms with E-state index in [9.17, 15) is 9.59 Å². The summed E-state index contributed by atoms with van der Waals surface area (Å²) in [6, 6.07) is 32.5. The Balaban J connectivity index is 0.00000370. The summed E-state index contributed by atoms with van der Waals surface area (Å²) in [6.45, 7) is 0.306. The maximum Gasteiger partial charge on any atom is 0.128 e. The summed E-state index contributed by atoms with van der Waals surface area (Å²) >= 11 is 0. The second-order valence-corrected chi connectivity index (χ2v) is 8.98. The number of hydrazone groups is 1. The second-order valence-electron chi connectivity index (χ2n) is 8.98. The number of nitrogens with one attached hydrogen (secondary N) is 2. The molecule has 0 saturated heterocycles. The number of benzene rings is 4. The number of amides is 2. The van der Waals surface area contributed by atoms with E-state index in [1.165, 1.54) is 0 Å². The molecule has 9 heteroatoms. The molecule has 4 aromatic rings. The molecule has 5 rings (SSSR count). The van der Waals surface area contributed by atoms with Crippen LogP contribution in [0.4, 0.5) is 5.69 Å². The average molecular weight is 607 g/mol. The van der Waals surface area contributed by atoms with Crippen LogP contribution in [0.3, 0.4) is 0 Å². The summed E-state index contributed by atoms with van der Waals surface area (Å²) in [6.07, 6.45) is 0. The molecule has 1 unspecified atom stereocenters. The summed E-state index contributed by atoms with van der Waals surface area (Å²) in [5.41, 5.74) is 18.1. The van der Waals surface area contributed by atoms with Crippen LogP contribution >= 0.6 is 0 Å². The number of hydrogen-bond donors (Lipinski definition) is 0. The molecule has 2 amide bonds. The van der Waals surface area contributed by atoms with Crippen molar-refractivity contribution in [2.75, 3.05) is 18.2 Å². The van der Waals surface area contributed by atoms with E-state index in [1.807, 2.05) is 65.7 Å². The van der Waals surface area contributed by atoms with Gasteiger partial charge in [-0.1, -0.05) is 72.8 Å². The Hall–Kier alpha value is -4.01. The molecule has 4 aromatic carbocycles. The van der Waals surface area contributed by atoms with Crippen LogP contribution in [0.5, 0.6) is 11.5 Å². The Morgan fingerprint density at radius 1 is 0.675 bits per heavy atom. The van der Waals surface area contributed by atoms with Crippen molar-refractivity contribution in [1.82, 2.24) is 0 Å². The number of ether oxygens (including phenoxy) is 2. The smallest absolute Gasteiger partial charge is 0.128 e. The van der Waals surface area contributed by atoms with Gasteiger partial charge in [-0.05, 0) is 42.0 Å². The van der Waals surface area contributed by atoms with Crippen LogP contribution in [0, 0.1) is 5.92 Å². The zero-order chi connectivity index (χ0) is 27.2. The van der Waals surface area contributed by atoms with Crippen molar-refractivity contribution in [2.24, 2.45) is 11.0 Å². The first-order chi connectivity index (χ1) is 19.0. The van der Waals surface area contributed by atoms with Gasteiger partial charge in [-0.2, -0.15) is 5.10 Å². The third-order valence-corrected chi connectivity index (χ3v) is 6.53. The first-order valence-corrected chi connectivity index (χ1v) is 12.5. The van der Waals surface area contributed by atoms with E-state index in [0.717, 1.165) is 17.0 Å². The van der Waals surface area contributed by atoms with Gasteiger partial charge in [0.1, 0.15) is 18.1 Å². The van der Waals surface area contributed by atoms with E-state index >= 15 is 0 Å². The van der Waals surface area contributed by atoms with Gasteiger partial charge in [-0.3, -0.25) is 5.01 Å². The summed E-state index contributed by atoms with van der Waals surface area (Å²) in [7, 11) is 0. The summed E-state index contributed by atoms with van der Waals surface area (Å²) < 4.78 is 12.3. The van der Waals surface area contributed by atoms with Gasteiger partial charge < -0.3 is 30.5 Å². The molecule has 1 aliphatic rings. The third kappa shape index (κ3) is 6.41. The van der Waals surface area contributed by atoms with Gasteiger partial charge in [0.05, 0.1) is 41.8 Å². The molecule has 0 aromatic heterocycles. The van der Waals surface area contributed by atoms with Gasteiger partial charge in [0.2, 0.25) is 0 Å². The number of nitrogens with zero attached hydrogens (tertiary/aromatic N) is 2. The van der Waals surface area contributed by atoms with Crippen LogP contribution in [0.25, 0.3) is 11.5 Å². The molecule has 8 nitrogen and oxygen atoms in total. The normalized spacial score (nSPS) is 16.0. The van der Waals surface area contributed by atoms with Crippen molar-refractivity contribution in [3.63, 3.8) is 0 Å². The maximum atomic E-state index is 11.9. The fourth-order valence-corrected chi connectivity index (χ4v) is 4.62. The van der Waals surface area contributed by atoms with E-state index in [2.05, 4.69) is 0 Å². The number of para-hydroxylation sites is 3. The van der Waals surface area contributed by atoms with Gasteiger partial charge in [-0.15, -0.1) is 0 Å². The number of carbonyl (C=O) groups is 2. The number of carbonyl (C=O) groups excluding carboxylic acids is 2. The minimum atomic E-state index is -0.824. The fraction of sp³-hybridized carbons (Fsp3) is 0.129. The molecule has 0 aliphatic carbocycles. The zero-order valence-corrected chi connectivity index (χ0v) is 24.4. The van der Waals surface area contributed by atoms with Gasteiger partial charge >= 0.3 is 0 Å². The summed E-state index contributed by atoms with van der Waals surface area (Å²) in [5.74, 6) is -1.30. The standard InChI is InChI=1S/C31H28N4O4.Y/c32-30(36)23-15-7-9-17-27(23)38-19-25-26(20-39-28-18-10-8-16-24(28)31(33)37)35(22-13-5-2-6-14-22)34-29(25)21-11-3-1-4-12-21;/h1-18,25-26H,19-20H2,(H4,32,33,36,37);/p-2/t25-,26?;/m1./s1. The molecule has 0 fully saturated rings. The van der Waals surface area contributed by atoms with Gasteiger partial charge in [0.15, 0.2) is 0 Å². The molecule has 1 heterocycles. The van der Waals surface area contributed by atoms with Crippen molar-refractivity contribution >= 4 is 23.2 Å². The first kappa shape index (κ1) is 29.0. The van der Waals surface area contributed by atoms with Gasteiger partial charge in [0, 0.05) is 43.8 Å². The number of anilines is 1. The van der Waals surface area contributed by atoms with Crippen LogP contribution in [0.2, 0.25) is 0 Å². The van der Waals surface area contributed by atoms with Crippen LogP contribution in [0.15, 0.2) is 114 Å². The quantitative estimate of drug-likeness (QED) is 0.206. The van der Waals surface area contributed by atoms with Crippen molar-refractivity contribution < 1.29 is 51.8 Å². The topological polar surface area (TPSA) is 116 Å². The maximum absolute atomic E-state index is 11.9. The first-order valence-electron chi connectivity index (χ1n) is 12.5. The Kier molecular flexibility index (Phi) is 9.69. The zero-order valence-electron chi connectivity index (χ0n) is 21.6. The fourth-order valence-electron chi connectivity index (χ4n) is 4.62. The van der Waals surface area contributed by atoms with E-state index in [4.69, 9.17) is 26.0 Å². The molecule has 199 valence electrons.